The van der Waals surface area contributed by atoms with Crippen LogP contribution >= 0.6 is 0 Å². The van der Waals surface area contributed by atoms with Gasteiger partial charge in [0.15, 0.2) is 0 Å². The lowest BCUT2D eigenvalue weighted by molar-refractivity contribution is -0.915. The summed E-state index contributed by atoms with van der Waals surface area (Å²) in [4.78, 5) is 0. The number of nitrogens with zero attached hydrogens (tertiary/aromatic N) is 1. The van der Waals surface area contributed by atoms with E-state index < -0.39 is 0 Å². The van der Waals surface area contributed by atoms with Crippen molar-refractivity contribution in [3.63, 3.8) is 0 Å². The number of quaternary nitrogens is 1. The molecule has 0 saturated carbocycles. The van der Waals surface area contributed by atoms with Crippen molar-refractivity contribution in [2.45, 2.75) is 33.6 Å². The van der Waals surface area contributed by atoms with Gasteiger partial charge < -0.3 is 33.3 Å². The molecule has 1 aliphatic rings. The van der Waals surface area contributed by atoms with Crippen molar-refractivity contribution < 1.29 is 33.3 Å². The summed E-state index contributed by atoms with van der Waals surface area (Å²) in [6, 6.07) is 0. The topological polar surface area (TPSA) is 66.4 Å². The van der Waals surface area contributed by atoms with Gasteiger partial charge in [-0.2, -0.15) is 0 Å². The number of aliphatic hydroxyl groups excluding tert-OH is 1. The molecule has 1 heterocycles. The zero-order valence-corrected chi connectivity index (χ0v) is 18.8. The lowest BCUT2D eigenvalue weighted by atomic mass is 9.97. The fraction of sp³-hybridized carbons (Fsp3) is 1.00. The number of ether oxygens (including phenoxy) is 5. The Labute approximate surface area is 172 Å². The number of piperidine rings is 1. The predicted octanol–water partition coefficient (Wildman–Crippen LogP) is 1.96. The highest BCUT2D eigenvalue weighted by molar-refractivity contribution is 4.59. The molecule has 170 valence electrons. The van der Waals surface area contributed by atoms with Crippen molar-refractivity contribution in [1.82, 2.24) is 0 Å². The largest absolute Gasteiger partial charge is 0.394 e. The third-order valence-electron chi connectivity index (χ3n) is 4.82. The molecule has 7 heteroatoms. The summed E-state index contributed by atoms with van der Waals surface area (Å²) in [6.07, 6.45) is 2.67. The van der Waals surface area contributed by atoms with Crippen LogP contribution < -0.4 is 0 Å². The van der Waals surface area contributed by atoms with Crippen LogP contribution in [0.3, 0.4) is 0 Å². The molecule has 0 spiro atoms. The van der Waals surface area contributed by atoms with Crippen LogP contribution in [0.15, 0.2) is 0 Å². The monoisotopic (exact) mass is 408 g/mol. The van der Waals surface area contributed by atoms with Gasteiger partial charge in [-0.25, -0.2) is 0 Å². The second-order valence-corrected chi connectivity index (χ2v) is 7.26. The molecule has 1 N–H and O–H groups in total. The van der Waals surface area contributed by atoms with E-state index in [2.05, 4.69) is 14.0 Å². The zero-order valence-electron chi connectivity index (χ0n) is 18.8. The minimum atomic E-state index is 0.0477. The summed E-state index contributed by atoms with van der Waals surface area (Å²) in [6.45, 7) is 15.7. The summed E-state index contributed by atoms with van der Waals surface area (Å²) < 4.78 is 28.2. The number of hydrogen-bond acceptors (Lipinski definition) is 6. The average molecular weight is 409 g/mol. The molecule has 0 aliphatic carbocycles. The highest BCUT2D eigenvalue weighted by Crippen LogP contribution is 2.20. The number of hydrogen-bond donors (Lipinski definition) is 1. The van der Waals surface area contributed by atoms with E-state index in [1.807, 2.05) is 13.8 Å². The van der Waals surface area contributed by atoms with E-state index in [0.717, 1.165) is 23.6 Å². The summed E-state index contributed by atoms with van der Waals surface area (Å²) in [5.74, 6) is 0.884. The molecule has 1 rings (SSSR count). The van der Waals surface area contributed by atoms with Crippen LogP contribution in [-0.2, 0) is 23.7 Å². The Bertz CT molecular complexity index is 311. The second-order valence-electron chi connectivity index (χ2n) is 7.26. The highest BCUT2D eigenvalue weighted by Gasteiger charge is 2.27. The average Bonchev–Trinajstić information content (AvgIpc) is 2.72. The van der Waals surface area contributed by atoms with E-state index >= 15 is 0 Å². The highest BCUT2D eigenvalue weighted by atomic mass is 16.6. The van der Waals surface area contributed by atoms with E-state index in [4.69, 9.17) is 28.8 Å². The first-order valence-electron chi connectivity index (χ1n) is 11.0. The molecule has 1 fully saturated rings. The van der Waals surface area contributed by atoms with Crippen LogP contribution in [-0.4, -0.2) is 109 Å². The summed E-state index contributed by atoms with van der Waals surface area (Å²) >= 11 is 0. The maximum Gasteiger partial charge on any atom is 0.102 e. The van der Waals surface area contributed by atoms with Gasteiger partial charge in [-0.05, 0) is 18.8 Å². The van der Waals surface area contributed by atoms with Crippen molar-refractivity contribution in [1.29, 1.82) is 0 Å². The lowest BCUT2D eigenvalue weighted by Gasteiger charge is -2.39. The van der Waals surface area contributed by atoms with E-state index in [-0.39, 0.29) is 6.61 Å². The predicted molar refractivity (Wildman–Crippen MR) is 112 cm³/mol. The Balaban J connectivity index is 0.00000352. The third-order valence-corrected chi connectivity index (χ3v) is 4.82. The maximum absolute atomic E-state index is 8.54. The van der Waals surface area contributed by atoms with Gasteiger partial charge in [0.2, 0.25) is 0 Å². The Hall–Kier alpha value is -0.280. The van der Waals surface area contributed by atoms with Gasteiger partial charge in [0, 0.05) is 0 Å². The Morgan fingerprint density at radius 3 is 1.43 bits per heavy atom. The van der Waals surface area contributed by atoms with Crippen molar-refractivity contribution in [2.75, 3.05) is 99.4 Å². The number of likely N-dealkylation sites (tertiary alicyclic amines) is 1. The molecule has 0 bridgehead atoms. The summed E-state index contributed by atoms with van der Waals surface area (Å²) in [5, 5.41) is 8.54. The molecule has 0 aromatic carbocycles. The Morgan fingerprint density at radius 2 is 1.04 bits per heavy atom. The Morgan fingerprint density at radius 1 is 0.679 bits per heavy atom. The van der Waals surface area contributed by atoms with Gasteiger partial charge in [0.1, 0.15) is 6.54 Å². The van der Waals surface area contributed by atoms with Gasteiger partial charge in [-0.15, -0.1) is 0 Å². The maximum atomic E-state index is 8.54. The third kappa shape index (κ3) is 16.7. The molecule has 0 radical (unpaired) electrons. The number of likely N-dealkylation sites (N-methyl/N-ethyl adjacent to an activating group) is 1. The zero-order chi connectivity index (χ0) is 20.9. The first-order chi connectivity index (χ1) is 13.7. The van der Waals surface area contributed by atoms with E-state index in [9.17, 15) is 0 Å². The molecule has 0 unspecified atom stereocenters. The Kier molecular flexibility index (Phi) is 19.8. The molecule has 0 aromatic rings. The molecule has 0 aromatic heterocycles. The smallest absolute Gasteiger partial charge is 0.102 e. The van der Waals surface area contributed by atoms with Gasteiger partial charge in [-0.1, -0.05) is 20.8 Å². The lowest BCUT2D eigenvalue weighted by Crippen LogP contribution is -2.51. The fourth-order valence-electron chi connectivity index (χ4n) is 2.88. The summed E-state index contributed by atoms with van der Waals surface area (Å²) in [7, 11) is 2.34. The molecule has 1 saturated heterocycles. The number of rotatable bonds is 17. The van der Waals surface area contributed by atoms with Crippen LogP contribution in [0, 0.1) is 5.92 Å². The molecular formula is C21H46NO6+. The van der Waals surface area contributed by atoms with Crippen molar-refractivity contribution in [2.24, 2.45) is 5.92 Å². The minimum absolute atomic E-state index is 0.0477. The van der Waals surface area contributed by atoms with E-state index in [1.165, 1.54) is 25.9 Å². The first-order valence-corrected chi connectivity index (χ1v) is 11.0. The van der Waals surface area contributed by atoms with Crippen LogP contribution in [0.1, 0.15) is 33.6 Å². The van der Waals surface area contributed by atoms with Crippen LogP contribution in [0.2, 0.25) is 0 Å². The van der Waals surface area contributed by atoms with Crippen molar-refractivity contribution in [3.05, 3.63) is 0 Å². The normalized spacial score (nSPS) is 22.0. The SMILES string of the molecule is CC.CC1CC[N+](C)(CCOCCOCCOCCOCCOCCO)CC1. The van der Waals surface area contributed by atoms with E-state index in [1.54, 1.807) is 0 Å². The van der Waals surface area contributed by atoms with Crippen LogP contribution in [0.25, 0.3) is 0 Å². The first kappa shape index (κ1) is 27.7. The second kappa shape index (κ2) is 20.0. The van der Waals surface area contributed by atoms with Gasteiger partial charge in [-0.3, -0.25) is 0 Å². The molecule has 7 nitrogen and oxygen atoms in total. The molecule has 1 aliphatic heterocycles. The van der Waals surface area contributed by atoms with Gasteiger partial charge in [0.25, 0.3) is 0 Å². The van der Waals surface area contributed by atoms with Crippen molar-refractivity contribution in [3.8, 4) is 0 Å². The number of aliphatic hydroxyl groups is 1. The fourth-order valence-corrected chi connectivity index (χ4v) is 2.88. The van der Waals surface area contributed by atoms with Crippen LogP contribution in [0.5, 0.6) is 0 Å². The summed E-state index contributed by atoms with van der Waals surface area (Å²) in [5.41, 5.74) is 0. The molecule has 28 heavy (non-hydrogen) atoms. The van der Waals surface area contributed by atoms with E-state index in [0.29, 0.717) is 59.5 Å². The van der Waals surface area contributed by atoms with Crippen molar-refractivity contribution >= 4 is 0 Å². The van der Waals surface area contributed by atoms with Gasteiger partial charge in [0.05, 0.1) is 92.8 Å². The molecular weight excluding hydrogens is 362 g/mol. The standard InChI is InChI=1S/C19H40NO6.C2H6/c1-19-3-5-20(2,6-4-19)7-9-22-11-13-24-15-17-26-18-16-25-14-12-23-10-8-21;1-2/h19,21H,3-18H2,1-2H3;1-2H3/q+1;. The van der Waals surface area contributed by atoms with Gasteiger partial charge >= 0.3 is 0 Å². The molecule has 0 atom stereocenters. The molecule has 0 amide bonds. The quantitative estimate of drug-likeness (QED) is 0.293. The van der Waals surface area contributed by atoms with Crippen LogP contribution in [0.4, 0.5) is 0 Å². The minimum Gasteiger partial charge on any atom is -0.394 e.